The Morgan fingerprint density at radius 3 is 2.86 bits per heavy atom. The van der Waals surface area contributed by atoms with Gasteiger partial charge in [-0.25, -0.2) is 5.43 Å². The fraction of sp³-hybridized carbons (Fsp3) is 0.0625. The van der Waals surface area contributed by atoms with Crippen LogP contribution in [0.4, 0.5) is 0 Å². The Morgan fingerprint density at radius 2 is 2.14 bits per heavy atom. The number of hydrogen-bond acceptors (Lipinski definition) is 4. The number of furan rings is 1. The summed E-state index contributed by atoms with van der Waals surface area (Å²) < 4.78 is 5.23. The minimum atomic E-state index is -0.391. The van der Waals surface area contributed by atoms with E-state index in [1.54, 1.807) is 30.7 Å². The highest BCUT2D eigenvalue weighted by atomic mass is 16.3. The van der Waals surface area contributed by atoms with Crippen LogP contribution in [0.15, 0.2) is 58.2 Å². The predicted molar refractivity (Wildman–Crippen MR) is 82.5 cm³/mol. The molecule has 0 aliphatic rings. The minimum Gasteiger partial charge on any atom is -0.463 e. The van der Waals surface area contributed by atoms with Crippen LogP contribution in [-0.2, 0) is 0 Å². The van der Waals surface area contributed by atoms with Gasteiger partial charge >= 0.3 is 0 Å². The van der Waals surface area contributed by atoms with Crippen LogP contribution in [0.5, 0.6) is 0 Å². The summed E-state index contributed by atoms with van der Waals surface area (Å²) >= 11 is 0. The van der Waals surface area contributed by atoms with Gasteiger partial charge in [-0.3, -0.25) is 9.89 Å². The second-order valence-electron chi connectivity index (χ2n) is 4.75. The Kier molecular flexibility index (Phi) is 3.82. The summed E-state index contributed by atoms with van der Waals surface area (Å²) in [4.78, 5) is 11.9. The van der Waals surface area contributed by atoms with Crippen LogP contribution in [0, 0.1) is 6.92 Å². The number of carbonyl (C=O) groups excluding carboxylic acids is 1. The van der Waals surface area contributed by atoms with E-state index in [1.807, 2.05) is 31.2 Å². The van der Waals surface area contributed by atoms with E-state index in [1.165, 1.54) is 5.56 Å². The average Bonchev–Trinajstić information content (AvgIpc) is 3.20. The Morgan fingerprint density at radius 1 is 1.32 bits per heavy atom. The molecule has 0 spiro atoms. The number of H-pyrrole nitrogens is 1. The van der Waals surface area contributed by atoms with E-state index in [2.05, 4.69) is 20.7 Å². The fourth-order valence-corrected chi connectivity index (χ4v) is 1.87. The highest BCUT2D eigenvalue weighted by molar-refractivity contribution is 5.93. The predicted octanol–water partition coefficient (Wildman–Crippen LogP) is 2.74. The zero-order chi connectivity index (χ0) is 15.4. The lowest BCUT2D eigenvalue weighted by Crippen LogP contribution is -2.17. The molecule has 6 nitrogen and oxygen atoms in total. The first-order valence-corrected chi connectivity index (χ1v) is 6.72. The summed E-state index contributed by atoms with van der Waals surface area (Å²) in [5, 5.41) is 10.6. The summed E-state index contributed by atoms with van der Waals surface area (Å²) in [7, 11) is 0. The molecule has 0 fully saturated rings. The first kappa shape index (κ1) is 13.8. The lowest BCUT2D eigenvalue weighted by atomic mass is 10.2. The Hall–Kier alpha value is -3.15. The summed E-state index contributed by atoms with van der Waals surface area (Å²) in [6, 6.07) is 13.0. The molecule has 0 aliphatic carbocycles. The summed E-state index contributed by atoms with van der Waals surface area (Å²) in [6.07, 6.45) is 3.14. The second-order valence-corrected chi connectivity index (χ2v) is 4.75. The van der Waals surface area contributed by atoms with Gasteiger partial charge in [-0.15, -0.1) is 0 Å². The van der Waals surface area contributed by atoms with Crippen LogP contribution in [-0.4, -0.2) is 22.3 Å². The van der Waals surface area contributed by atoms with Crippen molar-refractivity contribution in [2.24, 2.45) is 5.10 Å². The van der Waals surface area contributed by atoms with Crippen molar-refractivity contribution in [2.45, 2.75) is 6.92 Å². The number of benzene rings is 1. The summed E-state index contributed by atoms with van der Waals surface area (Å²) in [5.41, 5.74) is 5.39. The van der Waals surface area contributed by atoms with Crippen LogP contribution >= 0.6 is 0 Å². The zero-order valence-corrected chi connectivity index (χ0v) is 11.9. The van der Waals surface area contributed by atoms with E-state index in [9.17, 15) is 4.79 Å². The van der Waals surface area contributed by atoms with E-state index in [4.69, 9.17) is 4.42 Å². The molecule has 6 heteroatoms. The largest absolute Gasteiger partial charge is 0.463 e. The number of aromatic amines is 1. The Bertz CT molecular complexity index is 786. The molecule has 3 aromatic rings. The lowest BCUT2D eigenvalue weighted by molar-refractivity contribution is 0.0950. The molecule has 0 bridgehead atoms. The van der Waals surface area contributed by atoms with Gasteiger partial charge in [0, 0.05) is 6.07 Å². The topological polar surface area (TPSA) is 83.3 Å². The molecule has 0 unspecified atom stereocenters. The number of amides is 1. The van der Waals surface area contributed by atoms with Crippen molar-refractivity contribution < 1.29 is 9.21 Å². The molecule has 0 saturated carbocycles. The maximum absolute atomic E-state index is 11.9. The Labute approximate surface area is 126 Å². The third kappa shape index (κ3) is 3.12. The van der Waals surface area contributed by atoms with E-state index >= 15 is 0 Å². The van der Waals surface area contributed by atoms with Gasteiger partial charge in [0.25, 0.3) is 5.91 Å². The quantitative estimate of drug-likeness (QED) is 0.573. The number of rotatable bonds is 4. The van der Waals surface area contributed by atoms with Gasteiger partial charge in [0.05, 0.1) is 12.5 Å². The molecule has 1 aromatic carbocycles. The zero-order valence-electron chi connectivity index (χ0n) is 11.9. The number of nitrogens with one attached hydrogen (secondary N) is 2. The monoisotopic (exact) mass is 294 g/mol. The van der Waals surface area contributed by atoms with E-state index in [-0.39, 0.29) is 5.69 Å². The third-order valence-electron chi connectivity index (χ3n) is 3.05. The number of aromatic nitrogens is 2. The lowest BCUT2D eigenvalue weighted by Gasteiger charge is -1.96. The van der Waals surface area contributed by atoms with E-state index < -0.39 is 5.91 Å². The van der Waals surface area contributed by atoms with Crippen LogP contribution in [0.1, 0.15) is 21.6 Å². The van der Waals surface area contributed by atoms with Crippen molar-refractivity contribution in [2.75, 3.05) is 0 Å². The molecule has 3 rings (SSSR count). The van der Waals surface area contributed by atoms with Gasteiger partial charge in [0.2, 0.25) is 0 Å². The highest BCUT2D eigenvalue weighted by Crippen LogP contribution is 2.17. The molecule has 0 saturated heterocycles. The molecular formula is C16H14N4O2. The molecule has 0 atom stereocenters. The van der Waals surface area contributed by atoms with Crippen molar-refractivity contribution >= 4 is 12.1 Å². The van der Waals surface area contributed by atoms with Gasteiger partial charge in [-0.2, -0.15) is 10.2 Å². The molecule has 1 amide bonds. The molecule has 2 N–H and O–H groups in total. The number of carbonyl (C=O) groups is 1. The molecule has 0 aliphatic heterocycles. The van der Waals surface area contributed by atoms with E-state index in [0.29, 0.717) is 11.5 Å². The van der Waals surface area contributed by atoms with Gasteiger partial charge in [-0.05, 0) is 24.6 Å². The van der Waals surface area contributed by atoms with Gasteiger partial charge in [0.15, 0.2) is 11.5 Å². The van der Waals surface area contributed by atoms with Crippen LogP contribution in [0.25, 0.3) is 11.5 Å². The fourth-order valence-electron chi connectivity index (χ4n) is 1.87. The Balaban J connectivity index is 1.63. The second kappa shape index (κ2) is 6.09. The normalized spacial score (nSPS) is 11.0. The van der Waals surface area contributed by atoms with Crippen molar-refractivity contribution in [3.63, 3.8) is 0 Å². The third-order valence-corrected chi connectivity index (χ3v) is 3.05. The summed E-state index contributed by atoms with van der Waals surface area (Å²) in [5.74, 6) is 0.229. The van der Waals surface area contributed by atoms with Gasteiger partial charge in [-0.1, -0.05) is 29.8 Å². The number of aryl methyl sites for hydroxylation is 1. The molecule has 110 valence electrons. The van der Waals surface area contributed by atoms with Gasteiger partial charge < -0.3 is 4.42 Å². The van der Waals surface area contributed by atoms with E-state index in [0.717, 1.165) is 5.56 Å². The molecule has 2 heterocycles. The smallest absolute Gasteiger partial charge is 0.291 e. The number of nitrogens with zero attached hydrogens (tertiary/aromatic N) is 2. The van der Waals surface area contributed by atoms with Crippen molar-refractivity contribution in [1.82, 2.24) is 15.6 Å². The molecular weight excluding hydrogens is 280 g/mol. The van der Waals surface area contributed by atoms with Crippen molar-refractivity contribution in [3.8, 4) is 11.5 Å². The first-order chi connectivity index (χ1) is 10.7. The standard InChI is InChI=1S/C16H14N4O2/c1-11-4-6-12(7-5-11)10-17-20-16(21)14-9-13(18-19-14)15-3-2-8-22-15/h2-10H,1H3,(H,18,19)(H,20,21)/b17-10-. The number of hydrogen-bond donors (Lipinski definition) is 2. The maximum Gasteiger partial charge on any atom is 0.291 e. The van der Waals surface area contributed by atoms with Crippen molar-refractivity contribution in [3.05, 3.63) is 65.5 Å². The minimum absolute atomic E-state index is 0.243. The first-order valence-electron chi connectivity index (χ1n) is 6.72. The highest BCUT2D eigenvalue weighted by Gasteiger charge is 2.11. The average molecular weight is 294 g/mol. The number of hydrazone groups is 1. The van der Waals surface area contributed by atoms with Crippen molar-refractivity contribution in [1.29, 1.82) is 0 Å². The maximum atomic E-state index is 11.9. The SMILES string of the molecule is Cc1ccc(/C=N\NC(=O)c2cc(-c3ccco3)[nH]n2)cc1. The molecule has 22 heavy (non-hydrogen) atoms. The van der Waals surface area contributed by atoms with Crippen LogP contribution < -0.4 is 5.43 Å². The van der Waals surface area contributed by atoms with Crippen LogP contribution in [0.3, 0.4) is 0 Å². The molecule has 0 radical (unpaired) electrons. The molecule has 2 aromatic heterocycles. The summed E-state index contributed by atoms with van der Waals surface area (Å²) in [6.45, 7) is 2.01. The van der Waals surface area contributed by atoms with Gasteiger partial charge in [0.1, 0.15) is 5.69 Å². The van der Waals surface area contributed by atoms with Crippen LogP contribution in [0.2, 0.25) is 0 Å².